The summed E-state index contributed by atoms with van der Waals surface area (Å²) in [5, 5.41) is 1.39. The first-order valence-corrected chi connectivity index (χ1v) is 32.1. The van der Waals surface area contributed by atoms with Gasteiger partial charge >= 0.3 is 19.5 Å². The van der Waals surface area contributed by atoms with Crippen LogP contribution in [0.5, 0.6) is 0 Å². The molecule has 7 aromatic heterocycles. The van der Waals surface area contributed by atoms with Crippen LogP contribution in [0.15, 0.2) is 24.3 Å². The summed E-state index contributed by atoms with van der Waals surface area (Å²) in [5.41, 5.74) is 7.22. The van der Waals surface area contributed by atoms with E-state index >= 15 is 0 Å². The topological polar surface area (TPSA) is 235 Å². The molecule has 0 aliphatic carbocycles. The van der Waals surface area contributed by atoms with E-state index in [1.54, 1.807) is 0 Å². The van der Waals surface area contributed by atoms with Crippen molar-refractivity contribution in [2.24, 2.45) is 0 Å². The Labute approximate surface area is 534 Å². The third kappa shape index (κ3) is 11.1. The molecule has 9 heterocycles. The fraction of sp³-hybridized carbons (Fsp3) is 0.500. The second-order valence-electron chi connectivity index (χ2n) is 21.5. The predicted molar refractivity (Wildman–Crippen MR) is 360 cm³/mol. The zero-order valence-electron chi connectivity index (χ0n) is 55.1. The van der Waals surface area contributed by atoms with Gasteiger partial charge in [-0.3, -0.25) is 0 Å². The number of rotatable bonds is 24. The predicted octanol–water partition coefficient (Wildman–Crippen LogP) is 10.4. The molecule has 0 saturated carbocycles. The fourth-order valence-electron chi connectivity index (χ4n) is 12.2. The normalized spacial score (nSPS) is 11.8. The third-order valence-corrected chi connectivity index (χ3v) is 17.3. The molecule has 9 aromatic rings. The Morgan fingerprint density at radius 1 is 0.247 bits per heavy atom. The number of fused-ring (bicyclic) bond motifs is 22. The standard InChI is InChI=1S/C64H84N24.Zn/c1-17-81(18-2)57-59(83(21-5)22-6)67-43-35-39-37(33-41(43)65-57)49-73-50-38-34-42-44(68-60(84(23-7)24-8)58(66-42)82(19-3)20-4)36-40(38)52(75-50)77-54-46-48(72-64(88(31-15)32-16)62(70-46)86(27-11)28-12)56(79-54)80-55-47-45(53(78-55)76-51(39)74-49)69-61(85(25-9)26-10)63(71-47)87(29-13)30-14;/h33-36H,17-32H2,1-16H3;/q-2;+2. The van der Waals surface area contributed by atoms with Crippen molar-refractivity contribution < 1.29 is 19.5 Å². The van der Waals surface area contributed by atoms with Crippen LogP contribution in [0, 0.1) is 0 Å². The number of anilines is 8. The summed E-state index contributed by atoms with van der Waals surface area (Å²) in [5.74, 6) is 7.41. The van der Waals surface area contributed by atoms with Crippen LogP contribution >= 0.6 is 0 Å². The molecule has 0 atom stereocenters. The van der Waals surface area contributed by atoms with Crippen molar-refractivity contribution in [3.05, 3.63) is 24.3 Å². The van der Waals surface area contributed by atoms with E-state index in [2.05, 4.69) is 150 Å². The number of hydrogen-bond donors (Lipinski definition) is 0. The van der Waals surface area contributed by atoms with Gasteiger partial charge in [0.25, 0.3) is 0 Å². The number of aromatic nitrogens is 16. The molecule has 24 nitrogen and oxygen atoms in total. The molecule has 2 aliphatic heterocycles. The Morgan fingerprint density at radius 3 is 0.775 bits per heavy atom. The van der Waals surface area contributed by atoms with E-state index in [0.29, 0.717) is 142 Å². The minimum atomic E-state index is 0. The molecule has 0 saturated heterocycles. The molecule has 2 aliphatic rings. The third-order valence-electron chi connectivity index (χ3n) is 17.3. The first-order valence-electron chi connectivity index (χ1n) is 32.1. The van der Waals surface area contributed by atoms with Crippen molar-refractivity contribution in [3.63, 3.8) is 0 Å². The van der Waals surface area contributed by atoms with Gasteiger partial charge in [-0.25, -0.2) is 49.8 Å². The summed E-state index contributed by atoms with van der Waals surface area (Å²) in [6.07, 6.45) is 0. The average Bonchev–Trinajstić information content (AvgIpc) is 1.67. The minimum absolute atomic E-state index is 0. The molecular formula is C64H84N24Zn. The Hall–Kier alpha value is -8.34. The molecular weight excluding hydrogens is 1170 g/mol. The largest absolute Gasteiger partial charge is 2.00 e. The van der Waals surface area contributed by atoms with Crippen molar-refractivity contribution in [3.8, 4) is 45.8 Å². The van der Waals surface area contributed by atoms with Crippen molar-refractivity contribution in [1.82, 2.24) is 79.7 Å². The molecule has 0 fully saturated rings. The van der Waals surface area contributed by atoms with E-state index in [1.165, 1.54) is 0 Å². The molecule has 462 valence electrons. The van der Waals surface area contributed by atoms with Crippen LogP contribution in [0.1, 0.15) is 111 Å². The van der Waals surface area contributed by atoms with Gasteiger partial charge in [-0.15, -0.1) is 0 Å². The summed E-state index contributed by atoms with van der Waals surface area (Å²) in [6.45, 7) is 45.8. The summed E-state index contributed by atoms with van der Waals surface area (Å²) in [6, 6.07) is 8.12. The number of hydrogen-bond acceptors (Lipinski definition) is 22. The Bertz CT molecular complexity index is 4230. The molecule has 89 heavy (non-hydrogen) atoms. The van der Waals surface area contributed by atoms with Gasteiger partial charge in [0, 0.05) is 138 Å². The van der Waals surface area contributed by atoms with E-state index in [9.17, 15) is 0 Å². The van der Waals surface area contributed by atoms with Gasteiger partial charge in [0.15, 0.2) is 46.5 Å². The minimum Gasteiger partial charge on any atom is -0.357 e. The van der Waals surface area contributed by atoms with Gasteiger partial charge in [0.05, 0.1) is 33.7 Å². The van der Waals surface area contributed by atoms with Crippen molar-refractivity contribution in [2.75, 3.05) is 144 Å². The van der Waals surface area contributed by atoms with E-state index in [-0.39, 0.29) is 42.4 Å². The van der Waals surface area contributed by atoms with Gasteiger partial charge in [-0.05, 0) is 146 Å². The molecule has 0 N–H and O–H groups in total. The fourth-order valence-corrected chi connectivity index (χ4v) is 12.2. The first-order chi connectivity index (χ1) is 42.8. The maximum Gasteiger partial charge on any atom is 2.00 e. The van der Waals surface area contributed by atoms with Gasteiger partial charge in [-0.2, -0.15) is 0 Å². The van der Waals surface area contributed by atoms with Crippen molar-refractivity contribution >= 4 is 113 Å². The molecule has 25 heteroatoms. The maximum absolute atomic E-state index is 5.50. The van der Waals surface area contributed by atoms with Crippen LogP contribution in [-0.4, -0.2) is 174 Å². The SMILES string of the molecule is CCN(CC)c1nc2c(nc1N(CC)CC)-c1nc-2nc2[n-]c(nc3nc(nc4[n-]c(n1)c1nc(N(CC)CC)c(N(CC)CC)nc41)-c1cc4nc(N(CC)CC)c(N(CC)CC)nc4cc1-3)c1cc3nc(N(CC)CC)c(N(CC)CC)nc3cc21.[Zn+2]. The average molecular weight is 1250 g/mol. The van der Waals surface area contributed by atoms with Crippen LogP contribution in [0.3, 0.4) is 0 Å². The smallest absolute Gasteiger partial charge is 0.357 e. The molecule has 0 unspecified atom stereocenters. The van der Waals surface area contributed by atoms with Gasteiger partial charge in [0.1, 0.15) is 34.1 Å². The van der Waals surface area contributed by atoms with Crippen LogP contribution in [-0.2, 0) is 19.5 Å². The van der Waals surface area contributed by atoms with Crippen molar-refractivity contribution in [2.45, 2.75) is 111 Å². The molecule has 0 spiro atoms. The molecule has 11 rings (SSSR count). The summed E-state index contributed by atoms with van der Waals surface area (Å²) in [7, 11) is 0. The van der Waals surface area contributed by atoms with E-state index in [1.807, 2.05) is 24.3 Å². The molecule has 0 amide bonds. The second kappa shape index (κ2) is 26.8. The monoisotopic (exact) mass is 1250 g/mol. The van der Waals surface area contributed by atoms with Crippen LogP contribution < -0.4 is 49.2 Å². The molecule has 2 aromatic carbocycles. The zero-order chi connectivity index (χ0) is 62.2. The summed E-state index contributed by atoms with van der Waals surface area (Å²) >= 11 is 0. The molecule has 8 bridgehead atoms. The summed E-state index contributed by atoms with van der Waals surface area (Å²) < 4.78 is 0. The maximum atomic E-state index is 5.50. The van der Waals surface area contributed by atoms with E-state index in [4.69, 9.17) is 79.7 Å². The zero-order valence-corrected chi connectivity index (χ0v) is 58.0. The van der Waals surface area contributed by atoms with Crippen LogP contribution in [0.25, 0.3) is 112 Å². The number of nitrogens with zero attached hydrogens (tertiary/aromatic N) is 24. The Kier molecular flexibility index (Phi) is 19.2. The quantitative estimate of drug-likeness (QED) is 0.0511. The Balaban J connectivity index is 0.00000873. The van der Waals surface area contributed by atoms with E-state index < -0.39 is 0 Å². The second-order valence-corrected chi connectivity index (χ2v) is 21.5. The van der Waals surface area contributed by atoms with Crippen LogP contribution in [0.2, 0.25) is 0 Å². The first kappa shape index (κ1) is 63.7. The Morgan fingerprint density at radius 2 is 0.472 bits per heavy atom. The van der Waals surface area contributed by atoms with Gasteiger partial charge in [-0.1, -0.05) is 0 Å². The summed E-state index contributed by atoms with van der Waals surface area (Å²) in [4.78, 5) is 105. The van der Waals surface area contributed by atoms with E-state index in [0.717, 1.165) is 98.9 Å². The van der Waals surface area contributed by atoms with Crippen LogP contribution in [0.4, 0.5) is 46.5 Å². The van der Waals surface area contributed by atoms with Gasteiger partial charge in [0.2, 0.25) is 0 Å². The van der Waals surface area contributed by atoms with Crippen molar-refractivity contribution in [1.29, 1.82) is 0 Å². The van der Waals surface area contributed by atoms with Gasteiger partial charge < -0.3 is 69.1 Å². The number of benzene rings is 2. The molecule has 0 radical (unpaired) electrons.